The van der Waals surface area contributed by atoms with Gasteiger partial charge in [-0.15, -0.1) is 0 Å². The molecule has 0 aliphatic rings. The average molecular weight is 373 g/mol. The molecule has 0 bridgehead atoms. The molecule has 0 aliphatic carbocycles. The minimum atomic E-state index is -0.758. The maximum atomic E-state index is 13.3. The largest absolute Gasteiger partial charge is 0.452 e. The molecular weight excluding hydrogens is 353 g/mol. The first-order chi connectivity index (χ1) is 12.9. The average Bonchev–Trinajstić information content (AvgIpc) is 2.63. The van der Waals surface area contributed by atoms with Gasteiger partial charge in [0.15, 0.2) is 6.61 Å². The van der Waals surface area contributed by atoms with E-state index in [1.807, 2.05) is 0 Å². The number of nitrogens with zero attached hydrogens (tertiary/aromatic N) is 1. The lowest BCUT2D eigenvalue weighted by Gasteiger charge is -2.21. The fraction of sp³-hybridized carbons (Fsp3) is 0.211. The van der Waals surface area contributed by atoms with Crippen molar-refractivity contribution in [2.24, 2.45) is 5.73 Å². The van der Waals surface area contributed by atoms with Crippen LogP contribution in [0, 0.1) is 5.82 Å². The summed E-state index contributed by atoms with van der Waals surface area (Å²) in [6.45, 7) is 1.92. The molecule has 0 saturated carbocycles. The lowest BCUT2D eigenvalue weighted by Crippen LogP contribution is -2.34. The van der Waals surface area contributed by atoms with E-state index >= 15 is 0 Å². The Morgan fingerprint density at radius 1 is 1.15 bits per heavy atom. The van der Waals surface area contributed by atoms with Crippen molar-refractivity contribution in [3.05, 3.63) is 65.5 Å². The first-order valence-corrected chi connectivity index (χ1v) is 8.25. The normalized spacial score (nSPS) is 10.1. The quantitative estimate of drug-likeness (QED) is 0.728. The molecule has 7 nitrogen and oxygen atoms in total. The Balaban J connectivity index is 1.94. The van der Waals surface area contributed by atoms with Gasteiger partial charge in [-0.25, -0.2) is 14.0 Å². The number of esters is 1. The van der Waals surface area contributed by atoms with Crippen molar-refractivity contribution in [3.63, 3.8) is 0 Å². The number of anilines is 1. The smallest absolute Gasteiger partial charge is 0.338 e. The third kappa shape index (κ3) is 6.10. The molecule has 0 saturated heterocycles. The van der Waals surface area contributed by atoms with Crippen LogP contribution < -0.4 is 11.1 Å². The zero-order chi connectivity index (χ0) is 19.8. The Morgan fingerprint density at radius 3 is 2.56 bits per heavy atom. The number of amides is 3. The Kier molecular flexibility index (Phi) is 6.87. The molecule has 0 heterocycles. The van der Waals surface area contributed by atoms with Crippen molar-refractivity contribution in [2.45, 2.75) is 13.5 Å². The van der Waals surface area contributed by atoms with E-state index in [-0.39, 0.29) is 17.9 Å². The molecular formula is C19H20FN3O4. The highest BCUT2D eigenvalue weighted by Crippen LogP contribution is 2.12. The van der Waals surface area contributed by atoms with E-state index in [1.54, 1.807) is 31.2 Å². The summed E-state index contributed by atoms with van der Waals surface area (Å²) in [5.74, 6) is -1.49. The van der Waals surface area contributed by atoms with Crippen LogP contribution in [0.2, 0.25) is 0 Å². The summed E-state index contributed by atoms with van der Waals surface area (Å²) in [4.78, 5) is 36.7. The standard InChI is InChI=1S/C19H20FN3O4/c1-2-23(11-13-5-3-7-15(20)9-13)17(24)12-27-18(25)14-6-4-8-16(10-14)22-19(21)26/h3-10H,2,11-12H2,1H3,(H3,21,22,26). The van der Waals surface area contributed by atoms with Gasteiger partial charge in [0.2, 0.25) is 0 Å². The van der Waals surface area contributed by atoms with Crippen LogP contribution in [0.15, 0.2) is 48.5 Å². The van der Waals surface area contributed by atoms with Crippen LogP contribution in [0.25, 0.3) is 0 Å². The van der Waals surface area contributed by atoms with Crippen LogP contribution in [0.1, 0.15) is 22.8 Å². The molecule has 2 aromatic carbocycles. The summed E-state index contributed by atoms with van der Waals surface area (Å²) >= 11 is 0. The van der Waals surface area contributed by atoms with Gasteiger partial charge >= 0.3 is 12.0 Å². The van der Waals surface area contributed by atoms with E-state index in [1.165, 1.54) is 29.2 Å². The molecule has 3 N–H and O–H groups in total. The predicted octanol–water partition coefficient (Wildman–Crippen LogP) is 2.52. The molecule has 0 atom stereocenters. The number of rotatable bonds is 7. The van der Waals surface area contributed by atoms with Crippen LogP contribution in [0.4, 0.5) is 14.9 Å². The molecule has 27 heavy (non-hydrogen) atoms. The molecule has 2 rings (SSSR count). The van der Waals surface area contributed by atoms with Crippen LogP contribution in [0.5, 0.6) is 0 Å². The number of halogens is 1. The van der Waals surface area contributed by atoms with E-state index in [0.717, 1.165) is 0 Å². The first kappa shape index (κ1) is 19.9. The molecule has 8 heteroatoms. The van der Waals surface area contributed by atoms with E-state index in [9.17, 15) is 18.8 Å². The second-order valence-electron chi connectivity index (χ2n) is 5.68. The molecule has 2 aromatic rings. The number of carbonyl (C=O) groups excluding carboxylic acids is 3. The molecule has 0 fully saturated rings. The second kappa shape index (κ2) is 9.33. The Hall–Kier alpha value is -3.42. The number of urea groups is 1. The molecule has 0 aromatic heterocycles. The third-order valence-corrected chi connectivity index (χ3v) is 3.69. The van der Waals surface area contributed by atoms with E-state index in [0.29, 0.717) is 17.8 Å². The number of ether oxygens (including phenoxy) is 1. The highest BCUT2D eigenvalue weighted by Gasteiger charge is 2.16. The third-order valence-electron chi connectivity index (χ3n) is 3.69. The van der Waals surface area contributed by atoms with Crippen molar-refractivity contribution in [3.8, 4) is 0 Å². The fourth-order valence-corrected chi connectivity index (χ4v) is 2.40. The summed E-state index contributed by atoms with van der Waals surface area (Å²) in [6, 6.07) is 11.2. The number of hydrogen-bond donors (Lipinski definition) is 2. The monoisotopic (exact) mass is 373 g/mol. The lowest BCUT2D eigenvalue weighted by atomic mass is 10.2. The van der Waals surface area contributed by atoms with E-state index in [2.05, 4.69) is 5.32 Å². The van der Waals surface area contributed by atoms with Gasteiger partial charge in [0.25, 0.3) is 5.91 Å². The van der Waals surface area contributed by atoms with Gasteiger partial charge in [-0.3, -0.25) is 4.79 Å². The summed E-state index contributed by atoms with van der Waals surface area (Å²) < 4.78 is 18.3. The minimum Gasteiger partial charge on any atom is -0.452 e. The van der Waals surface area contributed by atoms with Crippen LogP contribution in [-0.4, -0.2) is 36.0 Å². The highest BCUT2D eigenvalue weighted by molar-refractivity contribution is 5.94. The molecule has 0 spiro atoms. The summed E-state index contributed by atoms with van der Waals surface area (Å²) in [5, 5.41) is 2.35. The van der Waals surface area contributed by atoms with Crippen LogP contribution in [-0.2, 0) is 16.1 Å². The number of primary amides is 1. The lowest BCUT2D eigenvalue weighted by molar-refractivity contribution is -0.134. The number of nitrogens with two attached hydrogens (primary N) is 1. The van der Waals surface area contributed by atoms with E-state index < -0.39 is 24.5 Å². The maximum absolute atomic E-state index is 13.3. The first-order valence-electron chi connectivity index (χ1n) is 8.25. The summed E-state index contributed by atoms with van der Waals surface area (Å²) in [6.07, 6.45) is 0. The second-order valence-corrected chi connectivity index (χ2v) is 5.68. The van der Waals surface area contributed by atoms with Crippen molar-refractivity contribution in [1.29, 1.82) is 0 Å². The Morgan fingerprint density at radius 2 is 1.89 bits per heavy atom. The number of benzene rings is 2. The van der Waals surface area contributed by atoms with E-state index in [4.69, 9.17) is 10.5 Å². The van der Waals surface area contributed by atoms with Crippen LogP contribution >= 0.6 is 0 Å². The van der Waals surface area contributed by atoms with Crippen molar-refractivity contribution < 1.29 is 23.5 Å². The number of likely N-dealkylation sites (N-methyl/N-ethyl adjacent to an activating group) is 1. The Bertz CT molecular complexity index is 841. The number of hydrogen-bond acceptors (Lipinski definition) is 4. The molecule has 142 valence electrons. The molecule has 0 unspecified atom stereocenters. The zero-order valence-electron chi connectivity index (χ0n) is 14.8. The van der Waals surface area contributed by atoms with Crippen LogP contribution in [0.3, 0.4) is 0 Å². The van der Waals surface area contributed by atoms with Crippen molar-refractivity contribution in [2.75, 3.05) is 18.5 Å². The highest BCUT2D eigenvalue weighted by atomic mass is 19.1. The van der Waals surface area contributed by atoms with Gasteiger partial charge in [0, 0.05) is 18.8 Å². The minimum absolute atomic E-state index is 0.169. The predicted molar refractivity (Wildman–Crippen MR) is 97.4 cm³/mol. The van der Waals surface area contributed by atoms with Gasteiger partial charge in [-0.1, -0.05) is 18.2 Å². The van der Waals surface area contributed by atoms with Gasteiger partial charge in [0.1, 0.15) is 5.82 Å². The SMILES string of the molecule is CCN(Cc1cccc(F)c1)C(=O)COC(=O)c1cccc(NC(N)=O)c1. The van der Waals surface area contributed by atoms with Gasteiger partial charge in [-0.2, -0.15) is 0 Å². The summed E-state index contributed by atoms with van der Waals surface area (Å²) in [5.41, 5.74) is 6.18. The van der Waals surface area contributed by atoms with Gasteiger partial charge in [-0.05, 0) is 42.8 Å². The van der Waals surface area contributed by atoms with Gasteiger partial charge in [0.05, 0.1) is 5.56 Å². The molecule has 0 aliphatic heterocycles. The summed E-state index contributed by atoms with van der Waals surface area (Å²) in [7, 11) is 0. The number of carbonyl (C=O) groups is 3. The zero-order valence-corrected chi connectivity index (χ0v) is 14.8. The fourth-order valence-electron chi connectivity index (χ4n) is 2.40. The Labute approximate surface area is 155 Å². The maximum Gasteiger partial charge on any atom is 0.338 e. The molecule has 0 radical (unpaired) electrons. The topological polar surface area (TPSA) is 102 Å². The van der Waals surface area contributed by atoms with Gasteiger partial charge < -0.3 is 20.7 Å². The molecule has 3 amide bonds. The van der Waals surface area contributed by atoms with Crippen molar-refractivity contribution in [1.82, 2.24) is 4.90 Å². The van der Waals surface area contributed by atoms with Crippen molar-refractivity contribution >= 4 is 23.6 Å². The number of nitrogens with one attached hydrogen (secondary N) is 1.